The van der Waals surface area contributed by atoms with Gasteiger partial charge >= 0.3 is 12.1 Å². The van der Waals surface area contributed by atoms with Crippen LogP contribution in [0.4, 0.5) is 13.2 Å². The van der Waals surface area contributed by atoms with Gasteiger partial charge in [-0.1, -0.05) is 12.1 Å². The number of carbonyl (C=O) groups excluding carboxylic acids is 1. The van der Waals surface area contributed by atoms with Crippen molar-refractivity contribution in [1.29, 1.82) is 0 Å². The zero-order valence-electron chi connectivity index (χ0n) is 9.77. The number of alkyl halides is 3. The highest BCUT2D eigenvalue weighted by molar-refractivity contribution is 6.07. The van der Waals surface area contributed by atoms with E-state index in [9.17, 15) is 22.8 Å². The Balaban J connectivity index is 2.35. The highest BCUT2D eigenvalue weighted by atomic mass is 19.4. The zero-order chi connectivity index (χ0) is 14.9. The molecule has 0 aliphatic heterocycles. The first-order chi connectivity index (χ1) is 9.29. The first-order valence-electron chi connectivity index (χ1n) is 5.34. The minimum atomic E-state index is -4.56. The van der Waals surface area contributed by atoms with Crippen molar-refractivity contribution >= 4 is 11.8 Å². The van der Waals surface area contributed by atoms with Gasteiger partial charge in [-0.15, -0.1) is 0 Å². The van der Waals surface area contributed by atoms with Crippen molar-refractivity contribution in [2.24, 2.45) is 0 Å². The molecule has 0 atom stereocenters. The summed E-state index contributed by atoms with van der Waals surface area (Å²) in [6.07, 6.45) is -4.56. The predicted molar refractivity (Wildman–Crippen MR) is 60.5 cm³/mol. The lowest BCUT2D eigenvalue weighted by Gasteiger charge is -2.07. The maximum atomic E-state index is 12.5. The van der Waals surface area contributed by atoms with E-state index in [2.05, 4.69) is 0 Å². The lowest BCUT2D eigenvalue weighted by Crippen LogP contribution is -2.07. The van der Waals surface area contributed by atoms with Crippen molar-refractivity contribution in [3.63, 3.8) is 0 Å². The van der Waals surface area contributed by atoms with Crippen molar-refractivity contribution in [3.8, 4) is 0 Å². The van der Waals surface area contributed by atoms with Crippen LogP contribution in [-0.4, -0.2) is 16.9 Å². The molecule has 0 aliphatic rings. The van der Waals surface area contributed by atoms with Gasteiger partial charge in [-0.3, -0.25) is 4.79 Å². The summed E-state index contributed by atoms with van der Waals surface area (Å²) in [6, 6.07) is 5.97. The summed E-state index contributed by atoms with van der Waals surface area (Å²) in [4.78, 5) is 22.5. The Hall–Kier alpha value is -2.57. The Kier molecular flexibility index (Phi) is 3.35. The second kappa shape index (κ2) is 4.84. The molecule has 1 heterocycles. The van der Waals surface area contributed by atoms with Gasteiger partial charge in [-0.25, -0.2) is 4.79 Å². The molecule has 20 heavy (non-hydrogen) atoms. The van der Waals surface area contributed by atoms with Crippen molar-refractivity contribution in [2.45, 2.75) is 6.18 Å². The molecular formula is C13H7F3O4. The van der Waals surface area contributed by atoms with Gasteiger partial charge in [0.25, 0.3) is 0 Å². The van der Waals surface area contributed by atoms with Crippen LogP contribution in [0.3, 0.4) is 0 Å². The minimum Gasteiger partial charge on any atom is -0.475 e. The number of aromatic carboxylic acids is 1. The zero-order valence-corrected chi connectivity index (χ0v) is 9.77. The standard InChI is InChI=1S/C13H7F3O4/c14-13(15,16)8-3-1-2-7(6-8)11(17)9-4-5-10(20-9)12(18)19/h1-6H,(H,18,19). The van der Waals surface area contributed by atoms with Crippen LogP contribution in [0.25, 0.3) is 0 Å². The van der Waals surface area contributed by atoms with Gasteiger partial charge in [-0.05, 0) is 24.3 Å². The van der Waals surface area contributed by atoms with E-state index in [0.717, 1.165) is 24.3 Å². The van der Waals surface area contributed by atoms with E-state index in [4.69, 9.17) is 9.52 Å². The highest BCUT2D eigenvalue weighted by Crippen LogP contribution is 2.30. The molecular weight excluding hydrogens is 277 g/mol. The van der Waals surface area contributed by atoms with Crippen LogP contribution >= 0.6 is 0 Å². The van der Waals surface area contributed by atoms with Crippen molar-refractivity contribution in [2.75, 3.05) is 0 Å². The summed E-state index contributed by atoms with van der Waals surface area (Å²) < 4.78 is 42.4. The Morgan fingerprint density at radius 1 is 1.05 bits per heavy atom. The lowest BCUT2D eigenvalue weighted by molar-refractivity contribution is -0.137. The largest absolute Gasteiger partial charge is 0.475 e. The maximum absolute atomic E-state index is 12.5. The molecule has 7 heteroatoms. The van der Waals surface area contributed by atoms with E-state index in [1.54, 1.807) is 0 Å². The Labute approximate surface area is 110 Å². The van der Waals surface area contributed by atoms with E-state index >= 15 is 0 Å². The van der Waals surface area contributed by atoms with Gasteiger partial charge < -0.3 is 9.52 Å². The van der Waals surface area contributed by atoms with Crippen LogP contribution in [0.1, 0.15) is 32.2 Å². The number of rotatable bonds is 3. The number of hydrogen-bond donors (Lipinski definition) is 1. The van der Waals surface area contributed by atoms with Crippen LogP contribution in [0.2, 0.25) is 0 Å². The summed E-state index contributed by atoms with van der Waals surface area (Å²) in [5.41, 5.74) is -1.19. The van der Waals surface area contributed by atoms with Gasteiger partial charge in [0, 0.05) is 5.56 Å². The second-order valence-corrected chi connectivity index (χ2v) is 3.88. The van der Waals surface area contributed by atoms with Crippen molar-refractivity contribution in [1.82, 2.24) is 0 Å². The highest BCUT2D eigenvalue weighted by Gasteiger charge is 2.31. The summed E-state index contributed by atoms with van der Waals surface area (Å²) in [5, 5.41) is 8.65. The molecule has 104 valence electrons. The van der Waals surface area contributed by atoms with Crippen LogP contribution in [0.15, 0.2) is 40.8 Å². The van der Waals surface area contributed by atoms with Gasteiger partial charge in [0.05, 0.1) is 5.56 Å². The number of carbonyl (C=O) groups is 2. The van der Waals surface area contributed by atoms with Crippen molar-refractivity contribution in [3.05, 3.63) is 59.0 Å². The molecule has 0 unspecified atom stereocenters. The van der Waals surface area contributed by atoms with E-state index < -0.39 is 29.3 Å². The third-order valence-electron chi connectivity index (χ3n) is 2.49. The molecule has 0 fully saturated rings. The number of ketones is 1. The predicted octanol–water partition coefficient (Wildman–Crippen LogP) is 3.23. The van der Waals surface area contributed by atoms with Crippen LogP contribution in [-0.2, 0) is 6.18 Å². The molecule has 1 aromatic heterocycles. The van der Waals surface area contributed by atoms with Crippen LogP contribution < -0.4 is 0 Å². The molecule has 0 amide bonds. The number of hydrogen-bond acceptors (Lipinski definition) is 3. The van der Waals surface area contributed by atoms with Crippen LogP contribution in [0, 0.1) is 0 Å². The Bertz CT molecular complexity index is 670. The van der Waals surface area contributed by atoms with Crippen molar-refractivity contribution < 1.29 is 32.3 Å². The number of furan rings is 1. The third kappa shape index (κ3) is 2.71. The third-order valence-corrected chi connectivity index (χ3v) is 2.49. The fourth-order valence-corrected chi connectivity index (χ4v) is 1.55. The molecule has 2 aromatic rings. The summed E-state index contributed by atoms with van der Waals surface area (Å²) in [5.74, 6) is -2.97. The average Bonchev–Trinajstić information content (AvgIpc) is 2.87. The molecule has 0 spiro atoms. The first kappa shape index (κ1) is 13.9. The van der Waals surface area contributed by atoms with E-state index in [1.807, 2.05) is 0 Å². The Morgan fingerprint density at radius 2 is 1.70 bits per heavy atom. The second-order valence-electron chi connectivity index (χ2n) is 3.88. The smallest absolute Gasteiger partial charge is 0.416 e. The van der Waals surface area contributed by atoms with Gasteiger partial charge in [-0.2, -0.15) is 13.2 Å². The molecule has 0 saturated carbocycles. The molecule has 0 saturated heterocycles. The Morgan fingerprint density at radius 3 is 2.25 bits per heavy atom. The number of carboxylic acids is 1. The topological polar surface area (TPSA) is 67.5 Å². The lowest BCUT2D eigenvalue weighted by atomic mass is 10.1. The molecule has 0 radical (unpaired) electrons. The first-order valence-corrected chi connectivity index (χ1v) is 5.34. The molecule has 1 aromatic carbocycles. The van der Waals surface area contributed by atoms with E-state index in [1.165, 1.54) is 6.07 Å². The van der Waals surface area contributed by atoms with E-state index in [0.29, 0.717) is 6.07 Å². The summed E-state index contributed by atoms with van der Waals surface area (Å²) in [7, 11) is 0. The molecule has 4 nitrogen and oxygen atoms in total. The minimum absolute atomic E-state index is 0.230. The number of carboxylic acid groups (broad SMARTS) is 1. The monoisotopic (exact) mass is 284 g/mol. The fourth-order valence-electron chi connectivity index (χ4n) is 1.55. The summed E-state index contributed by atoms with van der Waals surface area (Å²) in [6.45, 7) is 0. The normalized spacial score (nSPS) is 11.3. The number of benzene rings is 1. The summed E-state index contributed by atoms with van der Waals surface area (Å²) >= 11 is 0. The molecule has 0 aliphatic carbocycles. The fraction of sp³-hybridized carbons (Fsp3) is 0.0769. The number of halogens is 3. The van der Waals surface area contributed by atoms with Gasteiger partial charge in [0.1, 0.15) is 0 Å². The molecule has 1 N–H and O–H groups in total. The van der Waals surface area contributed by atoms with Gasteiger partial charge in [0.15, 0.2) is 5.76 Å². The SMILES string of the molecule is O=C(O)c1ccc(C(=O)c2cccc(C(F)(F)F)c2)o1. The van der Waals surface area contributed by atoms with Gasteiger partial charge in [0.2, 0.25) is 11.5 Å². The van der Waals surface area contributed by atoms with Crippen LogP contribution in [0.5, 0.6) is 0 Å². The molecule has 0 bridgehead atoms. The maximum Gasteiger partial charge on any atom is 0.416 e. The average molecular weight is 284 g/mol. The van der Waals surface area contributed by atoms with E-state index in [-0.39, 0.29) is 11.3 Å². The molecule has 2 rings (SSSR count). The quantitative estimate of drug-likeness (QED) is 0.879.